The molecule has 0 aliphatic heterocycles. The Balaban J connectivity index is 2.14. The van der Waals surface area contributed by atoms with Gasteiger partial charge in [0, 0.05) is 6.04 Å². The Labute approximate surface area is 122 Å². The Hall–Kier alpha value is -0.990. The lowest BCUT2D eigenvalue weighted by atomic mass is 9.85. The van der Waals surface area contributed by atoms with Crippen LogP contribution in [0.25, 0.3) is 0 Å². The number of hydrogen-bond acceptors (Lipinski definition) is 5. The van der Waals surface area contributed by atoms with Gasteiger partial charge in [0.25, 0.3) is 10.0 Å². The Kier molecular flexibility index (Phi) is 4.77. The SMILES string of the molecule is C[C@@H](NS(=O)(=O)c1scnc1C(=O)O)C1CCCCC1. The molecule has 112 valence electrons. The van der Waals surface area contributed by atoms with E-state index in [0.29, 0.717) is 5.92 Å². The van der Waals surface area contributed by atoms with Gasteiger partial charge < -0.3 is 5.11 Å². The van der Waals surface area contributed by atoms with Crippen molar-refractivity contribution in [2.45, 2.75) is 49.3 Å². The van der Waals surface area contributed by atoms with Crippen molar-refractivity contribution in [2.24, 2.45) is 5.92 Å². The van der Waals surface area contributed by atoms with Crippen molar-refractivity contribution in [2.75, 3.05) is 0 Å². The molecule has 6 nitrogen and oxygen atoms in total. The second-order valence-electron chi connectivity index (χ2n) is 5.10. The Morgan fingerprint density at radius 3 is 2.70 bits per heavy atom. The van der Waals surface area contributed by atoms with Crippen molar-refractivity contribution < 1.29 is 18.3 Å². The van der Waals surface area contributed by atoms with Crippen LogP contribution < -0.4 is 4.72 Å². The van der Waals surface area contributed by atoms with Gasteiger partial charge in [-0.15, -0.1) is 11.3 Å². The maximum absolute atomic E-state index is 12.3. The number of aromatic carboxylic acids is 1. The van der Waals surface area contributed by atoms with E-state index in [-0.39, 0.29) is 10.3 Å². The zero-order valence-electron chi connectivity index (χ0n) is 11.2. The Bertz CT molecular complexity index is 576. The Morgan fingerprint density at radius 1 is 1.45 bits per heavy atom. The molecule has 1 saturated carbocycles. The molecule has 0 radical (unpaired) electrons. The van der Waals surface area contributed by atoms with Crippen LogP contribution in [0.4, 0.5) is 0 Å². The largest absolute Gasteiger partial charge is 0.476 e. The first-order chi connectivity index (χ1) is 9.42. The average molecular weight is 318 g/mol. The molecule has 0 bridgehead atoms. The third-order valence-electron chi connectivity index (χ3n) is 3.68. The summed E-state index contributed by atoms with van der Waals surface area (Å²) in [5.41, 5.74) is 0.835. The number of carboxylic acid groups (broad SMARTS) is 1. The monoisotopic (exact) mass is 318 g/mol. The number of rotatable bonds is 5. The number of carboxylic acids is 1. The summed E-state index contributed by atoms with van der Waals surface area (Å²) in [6, 6.07) is -0.191. The number of nitrogens with one attached hydrogen (secondary N) is 1. The molecule has 1 aliphatic rings. The lowest BCUT2D eigenvalue weighted by Gasteiger charge is -2.27. The number of aromatic nitrogens is 1. The van der Waals surface area contributed by atoms with Crippen molar-refractivity contribution in [1.29, 1.82) is 0 Å². The standard InChI is InChI=1S/C12H18N2O4S2/c1-8(9-5-3-2-4-6-9)14-20(17,18)12-10(11(15)16)13-7-19-12/h7-9,14H,2-6H2,1H3,(H,15,16)/t8-/m1/s1. The average Bonchev–Trinajstić information content (AvgIpc) is 2.89. The smallest absolute Gasteiger partial charge is 0.356 e. The second-order valence-corrected chi connectivity index (χ2v) is 7.87. The summed E-state index contributed by atoms with van der Waals surface area (Å²) in [7, 11) is -3.82. The maximum Gasteiger partial charge on any atom is 0.356 e. The number of carbonyl (C=O) groups is 1. The van der Waals surface area contributed by atoms with Gasteiger partial charge >= 0.3 is 5.97 Å². The highest BCUT2D eigenvalue weighted by molar-refractivity contribution is 7.91. The third kappa shape index (κ3) is 3.36. The van der Waals surface area contributed by atoms with Crippen LogP contribution in [0.2, 0.25) is 0 Å². The molecule has 1 heterocycles. The van der Waals surface area contributed by atoms with Crippen LogP contribution in [0.15, 0.2) is 9.72 Å². The summed E-state index contributed by atoms with van der Waals surface area (Å²) in [6.07, 6.45) is 5.47. The van der Waals surface area contributed by atoms with Crippen LogP contribution in [0.5, 0.6) is 0 Å². The number of thiazole rings is 1. The lowest BCUT2D eigenvalue weighted by molar-refractivity contribution is 0.0687. The molecule has 0 saturated heterocycles. The number of nitrogens with zero attached hydrogens (tertiary/aromatic N) is 1. The topological polar surface area (TPSA) is 96.4 Å². The van der Waals surface area contributed by atoms with Gasteiger partial charge in [-0.05, 0) is 25.7 Å². The van der Waals surface area contributed by atoms with Gasteiger partial charge in [-0.2, -0.15) is 0 Å². The van der Waals surface area contributed by atoms with Crippen LogP contribution in [0.1, 0.15) is 49.5 Å². The minimum absolute atomic E-state index is 0.191. The van der Waals surface area contributed by atoms with Crippen LogP contribution in [-0.2, 0) is 10.0 Å². The van der Waals surface area contributed by atoms with Crippen LogP contribution in [-0.4, -0.2) is 30.5 Å². The molecule has 1 aromatic rings. The van der Waals surface area contributed by atoms with E-state index in [1.807, 2.05) is 6.92 Å². The van der Waals surface area contributed by atoms with Gasteiger partial charge in [0.05, 0.1) is 5.51 Å². The molecule has 1 aliphatic carbocycles. The summed E-state index contributed by atoms with van der Waals surface area (Å²) in [5, 5.41) is 8.95. The van der Waals surface area contributed by atoms with E-state index in [1.54, 1.807) is 0 Å². The molecule has 2 N–H and O–H groups in total. The molecule has 0 aromatic carbocycles. The fourth-order valence-electron chi connectivity index (χ4n) is 2.60. The van der Waals surface area contributed by atoms with Crippen molar-refractivity contribution in [3.8, 4) is 0 Å². The van der Waals surface area contributed by atoms with E-state index < -0.39 is 21.7 Å². The van der Waals surface area contributed by atoms with Crippen LogP contribution >= 0.6 is 11.3 Å². The van der Waals surface area contributed by atoms with Gasteiger partial charge in [-0.25, -0.2) is 22.9 Å². The molecular formula is C12H18N2O4S2. The molecule has 0 spiro atoms. The van der Waals surface area contributed by atoms with Crippen LogP contribution in [0, 0.1) is 5.92 Å². The highest BCUT2D eigenvalue weighted by Gasteiger charge is 2.29. The van der Waals surface area contributed by atoms with Gasteiger partial charge in [-0.1, -0.05) is 19.3 Å². The summed E-state index contributed by atoms with van der Waals surface area (Å²) in [4.78, 5) is 14.6. The van der Waals surface area contributed by atoms with E-state index in [4.69, 9.17) is 5.11 Å². The molecule has 1 atom stereocenters. The molecule has 0 unspecified atom stereocenters. The van der Waals surface area contributed by atoms with Gasteiger partial charge in [0.1, 0.15) is 0 Å². The van der Waals surface area contributed by atoms with E-state index in [2.05, 4.69) is 9.71 Å². The second kappa shape index (κ2) is 6.19. The first kappa shape index (κ1) is 15.4. The van der Waals surface area contributed by atoms with E-state index in [0.717, 1.165) is 37.0 Å². The lowest BCUT2D eigenvalue weighted by Crippen LogP contribution is -2.39. The van der Waals surface area contributed by atoms with Gasteiger partial charge in [-0.3, -0.25) is 0 Å². The highest BCUT2D eigenvalue weighted by atomic mass is 32.2. The predicted molar refractivity (Wildman–Crippen MR) is 75.4 cm³/mol. The fourth-order valence-corrected chi connectivity index (χ4v) is 5.07. The molecular weight excluding hydrogens is 300 g/mol. The third-order valence-corrected chi connectivity index (χ3v) is 6.61. The first-order valence-corrected chi connectivity index (χ1v) is 8.97. The molecule has 8 heteroatoms. The molecule has 1 aromatic heterocycles. The van der Waals surface area contributed by atoms with Gasteiger partial charge in [0.15, 0.2) is 9.90 Å². The van der Waals surface area contributed by atoms with E-state index >= 15 is 0 Å². The minimum Gasteiger partial charge on any atom is -0.476 e. The van der Waals surface area contributed by atoms with Crippen molar-refractivity contribution in [3.05, 3.63) is 11.2 Å². The molecule has 1 fully saturated rings. The number of sulfonamides is 1. The molecule has 2 rings (SSSR count). The minimum atomic E-state index is -3.82. The normalized spacial score (nSPS) is 18.9. The summed E-state index contributed by atoms with van der Waals surface area (Å²) in [6.45, 7) is 1.84. The predicted octanol–water partition coefficient (Wildman–Crippen LogP) is 2.09. The number of hydrogen-bond donors (Lipinski definition) is 2. The first-order valence-electron chi connectivity index (χ1n) is 6.61. The quantitative estimate of drug-likeness (QED) is 0.866. The van der Waals surface area contributed by atoms with Gasteiger partial charge in [0.2, 0.25) is 0 Å². The van der Waals surface area contributed by atoms with E-state index in [1.165, 1.54) is 11.9 Å². The summed E-state index contributed by atoms with van der Waals surface area (Å²) < 4.78 is 26.9. The zero-order valence-corrected chi connectivity index (χ0v) is 12.8. The fraction of sp³-hybridized carbons (Fsp3) is 0.667. The van der Waals surface area contributed by atoms with Crippen molar-refractivity contribution in [1.82, 2.24) is 9.71 Å². The summed E-state index contributed by atoms with van der Waals surface area (Å²) >= 11 is 0.831. The highest BCUT2D eigenvalue weighted by Crippen LogP contribution is 2.28. The maximum atomic E-state index is 12.3. The zero-order chi connectivity index (χ0) is 14.8. The Morgan fingerprint density at radius 2 is 2.10 bits per heavy atom. The van der Waals surface area contributed by atoms with Crippen molar-refractivity contribution in [3.63, 3.8) is 0 Å². The van der Waals surface area contributed by atoms with E-state index in [9.17, 15) is 13.2 Å². The molecule has 20 heavy (non-hydrogen) atoms. The molecule has 0 amide bonds. The van der Waals surface area contributed by atoms with Crippen molar-refractivity contribution >= 4 is 27.3 Å². The summed E-state index contributed by atoms with van der Waals surface area (Å²) in [5.74, 6) is -1.00. The van der Waals surface area contributed by atoms with Crippen LogP contribution in [0.3, 0.4) is 0 Å².